The van der Waals surface area contributed by atoms with E-state index in [1.807, 2.05) is 24.3 Å². The summed E-state index contributed by atoms with van der Waals surface area (Å²) in [6, 6.07) is 11.0. The van der Waals surface area contributed by atoms with E-state index in [1.54, 1.807) is 20.3 Å². The maximum Gasteiger partial charge on any atom is 0.145 e. The number of hydrogen-bond acceptors (Lipinski definition) is 3. The summed E-state index contributed by atoms with van der Waals surface area (Å²) in [4.78, 5) is 0. The molecule has 1 atom stereocenters. The Hall–Kier alpha value is -2.23. The Balaban J connectivity index is 1.88. The molecular weight excluding hydrogens is 269 g/mol. The predicted octanol–water partition coefficient (Wildman–Crippen LogP) is 3.94. The number of nitrogens with one attached hydrogen (secondary N) is 1. The lowest BCUT2D eigenvalue weighted by atomic mass is 10.1. The Labute approximate surface area is 123 Å². The van der Waals surface area contributed by atoms with Crippen LogP contribution in [0.25, 0.3) is 0 Å². The fraction of sp³-hybridized carbons (Fsp3) is 0.294. The third-order valence-electron chi connectivity index (χ3n) is 3.95. The molecule has 2 aromatic rings. The first-order valence-electron chi connectivity index (χ1n) is 6.98. The maximum absolute atomic E-state index is 13.8. The number of methoxy groups -OCH3 is 2. The zero-order valence-corrected chi connectivity index (χ0v) is 12.2. The molecule has 1 unspecified atom stereocenters. The molecular formula is C17H18FNO2. The fourth-order valence-corrected chi connectivity index (χ4v) is 2.87. The van der Waals surface area contributed by atoms with Crippen LogP contribution in [0.15, 0.2) is 36.4 Å². The molecule has 3 nitrogen and oxygen atoms in total. The molecule has 0 saturated carbocycles. The van der Waals surface area contributed by atoms with E-state index < -0.39 is 0 Å². The average Bonchev–Trinajstić information content (AvgIpc) is 2.92. The molecule has 21 heavy (non-hydrogen) atoms. The van der Waals surface area contributed by atoms with E-state index >= 15 is 0 Å². The first-order chi connectivity index (χ1) is 10.2. The molecule has 2 aromatic carbocycles. The molecule has 0 bridgehead atoms. The molecule has 110 valence electrons. The van der Waals surface area contributed by atoms with Crippen molar-refractivity contribution in [3.8, 4) is 11.5 Å². The fourth-order valence-electron chi connectivity index (χ4n) is 2.87. The van der Waals surface area contributed by atoms with Gasteiger partial charge in [0.25, 0.3) is 0 Å². The van der Waals surface area contributed by atoms with Crippen LogP contribution in [-0.4, -0.2) is 14.2 Å². The number of benzene rings is 2. The number of ether oxygens (including phenoxy) is 2. The zero-order chi connectivity index (χ0) is 14.8. The molecule has 1 aliphatic rings. The zero-order valence-electron chi connectivity index (χ0n) is 12.2. The van der Waals surface area contributed by atoms with Gasteiger partial charge in [-0.25, -0.2) is 4.39 Å². The molecule has 1 N–H and O–H groups in total. The summed E-state index contributed by atoms with van der Waals surface area (Å²) in [5, 5.41) is 3.45. The van der Waals surface area contributed by atoms with Gasteiger partial charge in [-0.1, -0.05) is 12.1 Å². The summed E-state index contributed by atoms with van der Waals surface area (Å²) < 4.78 is 24.4. The highest BCUT2D eigenvalue weighted by molar-refractivity contribution is 5.61. The number of halogens is 1. The highest BCUT2D eigenvalue weighted by Crippen LogP contribution is 2.38. The van der Waals surface area contributed by atoms with Crippen LogP contribution in [0.5, 0.6) is 11.5 Å². The van der Waals surface area contributed by atoms with Crippen LogP contribution in [0.2, 0.25) is 0 Å². The lowest BCUT2D eigenvalue weighted by Gasteiger charge is -2.18. The van der Waals surface area contributed by atoms with Gasteiger partial charge in [-0.2, -0.15) is 0 Å². The Morgan fingerprint density at radius 3 is 2.76 bits per heavy atom. The molecule has 1 aliphatic carbocycles. The standard InChI is InChI=1S/C17H18FNO2/c1-20-11-6-8-16(17(10-11)21-2)19-15-9-7-12-13(15)4-3-5-14(12)18/h3-6,8,10,15,19H,7,9H2,1-2H3. The van der Waals surface area contributed by atoms with Crippen molar-refractivity contribution < 1.29 is 13.9 Å². The Kier molecular flexibility index (Phi) is 3.69. The van der Waals surface area contributed by atoms with Crippen molar-refractivity contribution in [1.82, 2.24) is 0 Å². The normalized spacial score (nSPS) is 16.4. The first-order valence-corrected chi connectivity index (χ1v) is 6.98. The van der Waals surface area contributed by atoms with Crippen LogP contribution in [-0.2, 0) is 6.42 Å². The molecule has 0 heterocycles. The van der Waals surface area contributed by atoms with E-state index in [2.05, 4.69) is 5.32 Å². The lowest BCUT2D eigenvalue weighted by molar-refractivity contribution is 0.395. The van der Waals surface area contributed by atoms with Gasteiger partial charge in [0, 0.05) is 6.07 Å². The molecule has 0 amide bonds. The van der Waals surface area contributed by atoms with Gasteiger partial charge in [0.2, 0.25) is 0 Å². The Morgan fingerprint density at radius 2 is 2.00 bits per heavy atom. The summed E-state index contributed by atoms with van der Waals surface area (Å²) in [7, 11) is 3.25. The van der Waals surface area contributed by atoms with Gasteiger partial charge in [0.1, 0.15) is 17.3 Å². The molecule has 0 saturated heterocycles. The predicted molar refractivity (Wildman–Crippen MR) is 80.6 cm³/mol. The number of anilines is 1. The third-order valence-corrected chi connectivity index (χ3v) is 3.95. The first kappa shape index (κ1) is 13.7. The second kappa shape index (κ2) is 5.64. The van der Waals surface area contributed by atoms with E-state index in [0.29, 0.717) is 0 Å². The summed E-state index contributed by atoms with van der Waals surface area (Å²) >= 11 is 0. The van der Waals surface area contributed by atoms with Crippen molar-refractivity contribution in [2.24, 2.45) is 0 Å². The van der Waals surface area contributed by atoms with Crippen molar-refractivity contribution in [3.63, 3.8) is 0 Å². The second-order valence-corrected chi connectivity index (χ2v) is 5.11. The second-order valence-electron chi connectivity index (χ2n) is 5.11. The minimum atomic E-state index is -0.113. The number of hydrogen-bond donors (Lipinski definition) is 1. The largest absolute Gasteiger partial charge is 0.497 e. The van der Waals surface area contributed by atoms with E-state index in [1.165, 1.54) is 6.07 Å². The van der Waals surface area contributed by atoms with Crippen molar-refractivity contribution in [3.05, 3.63) is 53.3 Å². The van der Waals surface area contributed by atoms with Gasteiger partial charge < -0.3 is 14.8 Å². The third kappa shape index (κ3) is 2.53. The minimum absolute atomic E-state index is 0.109. The van der Waals surface area contributed by atoms with E-state index in [4.69, 9.17) is 9.47 Å². The lowest BCUT2D eigenvalue weighted by Crippen LogP contribution is -2.08. The topological polar surface area (TPSA) is 30.5 Å². The van der Waals surface area contributed by atoms with Gasteiger partial charge in [0.15, 0.2) is 0 Å². The van der Waals surface area contributed by atoms with Crippen LogP contribution < -0.4 is 14.8 Å². The Bertz CT molecular complexity index is 657. The van der Waals surface area contributed by atoms with Gasteiger partial charge in [-0.15, -0.1) is 0 Å². The molecule has 0 aliphatic heterocycles. The summed E-state index contributed by atoms with van der Waals surface area (Å²) in [6.45, 7) is 0. The Morgan fingerprint density at radius 1 is 1.14 bits per heavy atom. The average molecular weight is 287 g/mol. The minimum Gasteiger partial charge on any atom is -0.497 e. The number of rotatable bonds is 4. The number of fused-ring (bicyclic) bond motifs is 1. The smallest absolute Gasteiger partial charge is 0.145 e. The van der Waals surface area contributed by atoms with Crippen molar-refractivity contribution >= 4 is 5.69 Å². The SMILES string of the molecule is COc1ccc(NC2CCc3c(F)cccc32)c(OC)c1. The van der Waals surface area contributed by atoms with Crippen LogP contribution in [0.3, 0.4) is 0 Å². The molecule has 0 spiro atoms. The van der Waals surface area contributed by atoms with Crippen LogP contribution in [0.4, 0.5) is 10.1 Å². The molecule has 3 rings (SSSR count). The monoisotopic (exact) mass is 287 g/mol. The van der Waals surface area contributed by atoms with Gasteiger partial charge in [0.05, 0.1) is 25.9 Å². The van der Waals surface area contributed by atoms with Crippen LogP contribution in [0, 0.1) is 5.82 Å². The van der Waals surface area contributed by atoms with Gasteiger partial charge >= 0.3 is 0 Å². The van der Waals surface area contributed by atoms with Crippen molar-refractivity contribution in [2.75, 3.05) is 19.5 Å². The molecule has 0 radical (unpaired) electrons. The summed E-state index contributed by atoms with van der Waals surface area (Å²) in [5.41, 5.74) is 2.75. The maximum atomic E-state index is 13.8. The van der Waals surface area contributed by atoms with Crippen molar-refractivity contribution in [2.45, 2.75) is 18.9 Å². The molecule has 4 heteroatoms. The van der Waals surface area contributed by atoms with Crippen molar-refractivity contribution in [1.29, 1.82) is 0 Å². The van der Waals surface area contributed by atoms with E-state index in [0.717, 1.165) is 41.2 Å². The van der Waals surface area contributed by atoms with E-state index in [-0.39, 0.29) is 11.9 Å². The quantitative estimate of drug-likeness (QED) is 0.924. The highest BCUT2D eigenvalue weighted by atomic mass is 19.1. The molecule has 0 aromatic heterocycles. The van der Waals surface area contributed by atoms with Crippen LogP contribution in [0.1, 0.15) is 23.6 Å². The summed E-state index contributed by atoms with van der Waals surface area (Å²) in [6.07, 6.45) is 1.64. The van der Waals surface area contributed by atoms with Crippen LogP contribution >= 0.6 is 0 Å². The highest BCUT2D eigenvalue weighted by Gasteiger charge is 2.25. The van der Waals surface area contributed by atoms with Gasteiger partial charge in [-0.05, 0) is 42.2 Å². The summed E-state index contributed by atoms with van der Waals surface area (Å²) in [5.74, 6) is 1.35. The molecule has 0 fully saturated rings. The van der Waals surface area contributed by atoms with E-state index in [9.17, 15) is 4.39 Å². The van der Waals surface area contributed by atoms with Gasteiger partial charge in [-0.3, -0.25) is 0 Å².